The first-order valence-electron chi connectivity index (χ1n) is 9.49. The maximum absolute atomic E-state index is 13.9. The van der Waals surface area contributed by atoms with Crippen LogP contribution in [0.4, 0.5) is 10.1 Å². The molecule has 1 unspecified atom stereocenters. The van der Waals surface area contributed by atoms with Gasteiger partial charge in [-0.25, -0.2) is 14.4 Å². The van der Waals surface area contributed by atoms with Crippen LogP contribution in [0, 0.1) is 5.82 Å². The number of hydroxylamine groups is 2. The van der Waals surface area contributed by atoms with Crippen molar-refractivity contribution >= 4 is 35.4 Å². The van der Waals surface area contributed by atoms with Crippen molar-refractivity contribution in [1.82, 2.24) is 10.4 Å². The summed E-state index contributed by atoms with van der Waals surface area (Å²) in [6.45, 7) is 0.130. The highest BCUT2D eigenvalue weighted by molar-refractivity contribution is 6.30. The van der Waals surface area contributed by atoms with E-state index in [0.29, 0.717) is 16.3 Å². The van der Waals surface area contributed by atoms with Crippen molar-refractivity contribution in [3.63, 3.8) is 0 Å². The SMILES string of the molecule is NN=NC=Nc1ccc(Cl)cc1CNC(=O)[C@@H]1CCON1C(=O)C(O)c1ccccc1F. The Morgan fingerprint density at radius 2 is 2.16 bits per heavy atom. The summed E-state index contributed by atoms with van der Waals surface area (Å²) in [7, 11) is 0. The molecule has 3 rings (SSSR count). The first-order chi connectivity index (χ1) is 15.4. The molecule has 1 fully saturated rings. The number of rotatable bonds is 7. The Kier molecular flexibility index (Phi) is 7.82. The molecule has 0 spiro atoms. The molecule has 1 saturated heterocycles. The molecule has 2 aromatic carbocycles. The number of nitrogens with zero attached hydrogens (tertiary/aromatic N) is 4. The van der Waals surface area contributed by atoms with Crippen molar-refractivity contribution in [3.8, 4) is 0 Å². The fourth-order valence-electron chi connectivity index (χ4n) is 3.11. The minimum atomic E-state index is -1.81. The number of nitrogens with two attached hydrogens (primary N) is 1. The van der Waals surface area contributed by atoms with Crippen LogP contribution in [-0.2, 0) is 21.0 Å². The van der Waals surface area contributed by atoms with Gasteiger partial charge >= 0.3 is 0 Å². The van der Waals surface area contributed by atoms with E-state index in [9.17, 15) is 19.1 Å². The molecular formula is C20H20ClFN6O4. The number of hydrogen-bond donors (Lipinski definition) is 3. The number of aliphatic imine (C=N–C) groups is 1. The van der Waals surface area contributed by atoms with Crippen LogP contribution in [0.5, 0.6) is 0 Å². The summed E-state index contributed by atoms with van der Waals surface area (Å²) in [6.07, 6.45) is -0.460. The van der Waals surface area contributed by atoms with Crippen LogP contribution in [-0.4, -0.2) is 41.0 Å². The second-order valence-corrected chi connectivity index (χ2v) is 7.13. The van der Waals surface area contributed by atoms with Crippen molar-refractivity contribution < 1.29 is 23.9 Å². The summed E-state index contributed by atoms with van der Waals surface area (Å²) in [5, 5.41) is 20.7. The second kappa shape index (κ2) is 10.8. The van der Waals surface area contributed by atoms with E-state index in [1.165, 1.54) is 18.2 Å². The Labute approximate surface area is 187 Å². The third-order valence-electron chi connectivity index (χ3n) is 4.67. The smallest absolute Gasteiger partial charge is 0.280 e. The third kappa shape index (κ3) is 5.44. The summed E-state index contributed by atoms with van der Waals surface area (Å²) in [6, 6.07) is 9.20. The molecule has 1 heterocycles. The van der Waals surface area contributed by atoms with Crippen molar-refractivity contribution in [1.29, 1.82) is 0 Å². The molecule has 12 heteroatoms. The lowest BCUT2D eigenvalue weighted by molar-refractivity contribution is -0.188. The number of carbonyl (C=O) groups is 2. The fraction of sp³-hybridized carbons (Fsp3) is 0.250. The molecule has 1 aliphatic rings. The van der Waals surface area contributed by atoms with Gasteiger partial charge in [-0.15, -0.1) is 5.11 Å². The van der Waals surface area contributed by atoms with Gasteiger partial charge in [0.2, 0.25) is 5.91 Å². The molecule has 1 aliphatic heterocycles. The number of amides is 2. The van der Waals surface area contributed by atoms with E-state index < -0.39 is 29.8 Å². The summed E-state index contributed by atoms with van der Waals surface area (Å²) in [5.41, 5.74) is 0.855. The summed E-state index contributed by atoms with van der Waals surface area (Å²) >= 11 is 6.03. The fourth-order valence-corrected chi connectivity index (χ4v) is 3.31. The van der Waals surface area contributed by atoms with Crippen molar-refractivity contribution in [2.24, 2.45) is 21.2 Å². The van der Waals surface area contributed by atoms with E-state index in [2.05, 4.69) is 20.6 Å². The normalized spacial score (nSPS) is 17.2. The van der Waals surface area contributed by atoms with Crippen LogP contribution in [0.2, 0.25) is 5.02 Å². The zero-order valence-electron chi connectivity index (χ0n) is 16.7. The van der Waals surface area contributed by atoms with E-state index in [0.717, 1.165) is 17.5 Å². The van der Waals surface area contributed by atoms with Gasteiger partial charge in [-0.3, -0.25) is 14.4 Å². The maximum Gasteiger partial charge on any atom is 0.280 e. The molecule has 2 aromatic rings. The Hall–Kier alpha value is -3.41. The van der Waals surface area contributed by atoms with Gasteiger partial charge in [0.25, 0.3) is 5.91 Å². The highest BCUT2D eigenvalue weighted by Crippen LogP contribution is 2.25. The topological polar surface area (TPSA) is 142 Å². The Morgan fingerprint density at radius 1 is 1.38 bits per heavy atom. The van der Waals surface area contributed by atoms with Gasteiger partial charge in [0, 0.05) is 23.6 Å². The van der Waals surface area contributed by atoms with E-state index >= 15 is 0 Å². The van der Waals surface area contributed by atoms with Gasteiger partial charge < -0.3 is 16.3 Å². The van der Waals surface area contributed by atoms with Gasteiger partial charge in [0.05, 0.1) is 12.3 Å². The zero-order valence-corrected chi connectivity index (χ0v) is 17.4. The van der Waals surface area contributed by atoms with Crippen LogP contribution in [0.3, 0.4) is 0 Å². The van der Waals surface area contributed by atoms with E-state index in [-0.39, 0.29) is 25.1 Å². The van der Waals surface area contributed by atoms with Crippen molar-refractivity contribution in [2.45, 2.75) is 25.1 Å². The molecule has 32 heavy (non-hydrogen) atoms. The van der Waals surface area contributed by atoms with E-state index in [4.69, 9.17) is 22.3 Å². The van der Waals surface area contributed by atoms with Gasteiger partial charge in [0.15, 0.2) is 6.10 Å². The van der Waals surface area contributed by atoms with Crippen molar-refractivity contribution in [2.75, 3.05) is 6.61 Å². The first kappa shape index (κ1) is 23.3. The number of hydrogen-bond acceptors (Lipinski definition) is 6. The Bertz CT molecular complexity index is 1050. The summed E-state index contributed by atoms with van der Waals surface area (Å²) in [4.78, 5) is 34.8. The highest BCUT2D eigenvalue weighted by Gasteiger charge is 2.39. The number of aliphatic hydroxyl groups excluding tert-OH is 1. The molecule has 10 nitrogen and oxygen atoms in total. The number of halogens is 2. The van der Waals surface area contributed by atoms with Gasteiger partial charge in [-0.05, 0) is 29.8 Å². The number of carbonyl (C=O) groups excluding carboxylic acids is 2. The van der Waals surface area contributed by atoms with Crippen LogP contribution in [0.1, 0.15) is 23.7 Å². The lowest BCUT2D eigenvalue weighted by Crippen LogP contribution is -2.46. The molecule has 168 valence electrons. The molecule has 2 atom stereocenters. The van der Waals surface area contributed by atoms with E-state index in [1.54, 1.807) is 18.2 Å². The highest BCUT2D eigenvalue weighted by atomic mass is 35.5. The number of benzene rings is 2. The second-order valence-electron chi connectivity index (χ2n) is 6.69. The summed E-state index contributed by atoms with van der Waals surface area (Å²) in [5.74, 6) is 2.74. The molecule has 0 aliphatic carbocycles. The Balaban J connectivity index is 1.69. The standard InChI is InChI=1S/C20H20ClFN6O4/c21-13-5-6-16(25-11-26-27-23)12(9-13)10-24-19(30)17-7-8-32-28(17)20(31)18(29)14-3-1-2-4-15(14)22/h1-6,9,11,17-18,29H,7-8,10H2,(H,24,30)(H2,23,25,26)/t17-,18?/m0/s1. The quantitative estimate of drug-likeness (QED) is 0.190. The lowest BCUT2D eigenvalue weighted by atomic mass is 10.1. The summed E-state index contributed by atoms with van der Waals surface area (Å²) < 4.78 is 13.9. The van der Waals surface area contributed by atoms with Crippen LogP contribution < -0.4 is 11.2 Å². The molecule has 0 saturated carbocycles. The first-order valence-corrected chi connectivity index (χ1v) is 9.87. The third-order valence-corrected chi connectivity index (χ3v) is 4.90. The van der Waals surface area contributed by atoms with Crippen LogP contribution in [0.15, 0.2) is 57.8 Å². The molecule has 4 N–H and O–H groups in total. The van der Waals surface area contributed by atoms with Gasteiger partial charge in [-0.1, -0.05) is 35.0 Å². The lowest BCUT2D eigenvalue weighted by Gasteiger charge is -2.24. The van der Waals surface area contributed by atoms with Crippen LogP contribution >= 0.6 is 11.6 Å². The minimum absolute atomic E-state index is 0.0419. The van der Waals surface area contributed by atoms with Crippen LogP contribution in [0.25, 0.3) is 0 Å². The van der Waals surface area contributed by atoms with Gasteiger partial charge in [0.1, 0.15) is 18.2 Å². The number of nitrogens with one attached hydrogen (secondary N) is 1. The maximum atomic E-state index is 13.9. The molecular weight excluding hydrogens is 443 g/mol. The van der Waals surface area contributed by atoms with E-state index in [1.807, 2.05) is 0 Å². The zero-order chi connectivity index (χ0) is 23.1. The predicted molar refractivity (Wildman–Crippen MR) is 113 cm³/mol. The average molecular weight is 463 g/mol. The molecule has 2 amide bonds. The predicted octanol–water partition coefficient (Wildman–Crippen LogP) is 2.35. The van der Waals surface area contributed by atoms with Gasteiger partial charge in [-0.2, -0.15) is 0 Å². The monoisotopic (exact) mass is 462 g/mol. The van der Waals surface area contributed by atoms with Crippen molar-refractivity contribution in [3.05, 3.63) is 64.4 Å². The molecule has 0 radical (unpaired) electrons. The number of aliphatic hydroxyl groups is 1. The average Bonchev–Trinajstić information content (AvgIpc) is 3.28. The Morgan fingerprint density at radius 3 is 2.91 bits per heavy atom. The minimum Gasteiger partial charge on any atom is -0.378 e. The molecule has 0 bridgehead atoms. The molecule has 0 aromatic heterocycles. The largest absolute Gasteiger partial charge is 0.378 e.